The predicted molar refractivity (Wildman–Crippen MR) is 153 cm³/mol. The number of aromatic hydroxyl groups is 1. The molecular formula is C33H44N2O3. The summed E-state index contributed by atoms with van der Waals surface area (Å²) in [5.41, 5.74) is 3.99. The summed E-state index contributed by atoms with van der Waals surface area (Å²) in [6.45, 7) is 9.75. The van der Waals surface area contributed by atoms with Crippen LogP contribution in [0.4, 0.5) is 0 Å². The quantitative estimate of drug-likeness (QED) is 0.445. The number of likely N-dealkylation sites (tertiary alicyclic amines) is 1. The third kappa shape index (κ3) is 6.27. The zero-order chi connectivity index (χ0) is 26.5. The van der Waals surface area contributed by atoms with Gasteiger partial charge in [0.2, 0.25) is 0 Å². The second-order valence-corrected chi connectivity index (χ2v) is 11.1. The number of fused-ring (bicyclic) bond motifs is 1. The largest absolute Gasteiger partial charge is 0.508 e. The average molecular weight is 517 g/mol. The van der Waals surface area contributed by atoms with Crippen molar-refractivity contribution >= 4 is 0 Å². The van der Waals surface area contributed by atoms with Crippen molar-refractivity contribution in [3.05, 3.63) is 83.1 Å². The third-order valence-electron chi connectivity index (χ3n) is 8.87. The smallest absolute Gasteiger partial charge is 0.119 e. The highest BCUT2D eigenvalue weighted by molar-refractivity contribution is 5.37. The van der Waals surface area contributed by atoms with E-state index in [0.29, 0.717) is 23.7 Å². The van der Waals surface area contributed by atoms with E-state index >= 15 is 0 Å². The summed E-state index contributed by atoms with van der Waals surface area (Å²) in [4.78, 5) is 5.08. The number of likely N-dealkylation sites (N-methyl/N-ethyl adjacent to an activating group) is 1. The third-order valence-corrected chi connectivity index (χ3v) is 8.87. The molecule has 0 spiro atoms. The minimum Gasteiger partial charge on any atom is -0.508 e. The van der Waals surface area contributed by atoms with Gasteiger partial charge in [-0.15, -0.1) is 0 Å². The molecule has 5 rings (SSSR count). The number of phenolic OH excluding ortho intramolecular Hbond substituents is 1. The number of phenols is 1. The van der Waals surface area contributed by atoms with Crippen LogP contribution in [0.2, 0.25) is 0 Å². The first-order valence-electron chi connectivity index (χ1n) is 14.5. The zero-order valence-electron chi connectivity index (χ0n) is 23.3. The van der Waals surface area contributed by atoms with E-state index < -0.39 is 0 Å². The van der Waals surface area contributed by atoms with Crippen molar-refractivity contribution in [2.75, 3.05) is 33.3 Å². The van der Waals surface area contributed by atoms with Crippen molar-refractivity contribution < 1.29 is 14.6 Å². The molecule has 2 unspecified atom stereocenters. The van der Waals surface area contributed by atoms with Gasteiger partial charge in [-0.3, -0.25) is 4.90 Å². The summed E-state index contributed by atoms with van der Waals surface area (Å²) in [5, 5.41) is 9.92. The normalized spacial score (nSPS) is 24.2. The molecule has 1 aliphatic heterocycles. The zero-order valence-corrected chi connectivity index (χ0v) is 23.3. The molecule has 0 radical (unpaired) electrons. The molecule has 2 aliphatic carbocycles. The molecule has 2 aromatic carbocycles. The number of allylic oxidation sites excluding steroid dienone is 1. The molecule has 38 heavy (non-hydrogen) atoms. The summed E-state index contributed by atoms with van der Waals surface area (Å²) < 4.78 is 12.0. The average Bonchev–Trinajstić information content (AvgIpc) is 2.96. The lowest BCUT2D eigenvalue weighted by atomic mass is 9.72. The molecule has 3 aliphatic rings. The molecule has 1 heterocycles. The van der Waals surface area contributed by atoms with E-state index in [1.165, 1.54) is 16.7 Å². The number of nitrogens with zero attached hydrogens (tertiary/aromatic N) is 2. The van der Waals surface area contributed by atoms with Gasteiger partial charge in [0.15, 0.2) is 0 Å². The molecule has 204 valence electrons. The van der Waals surface area contributed by atoms with Crippen LogP contribution in [0.5, 0.6) is 11.5 Å². The summed E-state index contributed by atoms with van der Waals surface area (Å²) in [5.74, 6) is 3.29. The SMILES string of the molecule is CCN1CCC(Oc2ccc(CN(CC)C3C=C(OC)C=CC3[C@@H]3CCc4cc(O)ccc4C3)cc2)CC1. The van der Waals surface area contributed by atoms with Gasteiger partial charge < -0.3 is 19.5 Å². The number of piperidine rings is 1. The molecule has 3 atom stereocenters. The predicted octanol–water partition coefficient (Wildman–Crippen LogP) is 5.97. The Labute approximate surface area is 228 Å². The first kappa shape index (κ1) is 26.8. The fraction of sp³-hybridized carbons (Fsp3) is 0.515. The van der Waals surface area contributed by atoms with Crippen molar-refractivity contribution in [3.63, 3.8) is 0 Å². The van der Waals surface area contributed by atoms with E-state index in [2.05, 4.69) is 72.2 Å². The van der Waals surface area contributed by atoms with Crippen LogP contribution in [-0.2, 0) is 24.1 Å². The molecule has 0 amide bonds. The van der Waals surface area contributed by atoms with Crippen molar-refractivity contribution in [3.8, 4) is 11.5 Å². The highest BCUT2D eigenvalue weighted by Gasteiger charge is 2.34. The Balaban J connectivity index is 1.26. The first-order valence-corrected chi connectivity index (χ1v) is 14.5. The van der Waals surface area contributed by atoms with E-state index in [4.69, 9.17) is 9.47 Å². The van der Waals surface area contributed by atoms with Gasteiger partial charge in [0, 0.05) is 25.7 Å². The molecule has 1 fully saturated rings. The minimum absolute atomic E-state index is 0.281. The summed E-state index contributed by atoms with van der Waals surface area (Å²) in [6, 6.07) is 14.9. The second kappa shape index (κ2) is 12.4. The van der Waals surface area contributed by atoms with E-state index in [1.807, 2.05) is 12.1 Å². The van der Waals surface area contributed by atoms with Crippen molar-refractivity contribution in [1.82, 2.24) is 9.80 Å². The Morgan fingerprint density at radius 2 is 1.79 bits per heavy atom. The minimum atomic E-state index is 0.281. The standard InChI is InChI=1S/C33H44N2O3/c1-4-34-18-16-30(17-19-34)38-29-12-6-24(7-13-29)23-35(5-2)33-22-31(37-3)14-15-32(33)27-9-8-26-21-28(36)11-10-25(26)20-27/h6-7,10-15,21-22,27,30,32-33,36H,4-5,8-9,16-20,23H2,1-3H3/t27-,32?,33?/m1/s1. The summed E-state index contributed by atoms with van der Waals surface area (Å²) >= 11 is 0. The van der Waals surface area contributed by atoms with Crippen LogP contribution in [-0.4, -0.2) is 60.3 Å². The lowest BCUT2D eigenvalue weighted by Gasteiger charge is -2.41. The number of methoxy groups -OCH3 is 1. The second-order valence-electron chi connectivity index (χ2n) is 11.1. The molecule has 1 N–H and O–H groups in total. The number of ether oxygens (including phenoxy) is 2. The Morgan fingerprint density at radius 3 is 2.50 bits per heavy atom. The Hall–Kier alpha value is -2.76. The Bertz CT molecular complexity index is 1120. The molecule has 0 aromatic heterocycles. The number of aryl methyl sites for hydroxylation is 1. The van der Waals surface area contributed by atoms with Gasteiger partial charge in [-0.1, -0.05) is 38.1 Å². The van der Waals surface area contributed by atoms with Gasteiger partial charge in [0.25, 0.3) is 0 Å². The van der Waals surface area contributed by atoms with Gasteiger partial charge in [-0.25, -0.2) is 0 Å². The van der Waals surface area contributed by atoms with Crippen molar-refractivity contribution in [2.24, 2.45) is 11.8 Å². The summed E-state index contributed by atoms with van der Waals surface area (Å²) in [6.07, 6.45) is 12.6. The van der Waals surface area contributed by atoms with Crippen LogP contribution in [0.25, 0.3) is 0 Å². The molecule has 5 nitrogen and oxygen atoms in total. The Morgan fingerprint density at radius 1 is 1.00 bits per heavy atom. The molecule has 0 saturated carbocycles. The lowest BCUT2D eigenvalue weighted by molar-refractivity contribution is 0.104. The fourth-order valence-electron chi connectivity index (χ4n) is 6.55. The molecular weight excluding hydrogens is 472 g/mol. The number of hydrogen-bond acceptors (Lipinski definition) is 5. The maximum atomic E-state index is 9.92. The molecule has 1 saturated heterocycles. The Kier molecular flexibility index (Phi) is 8.75. The molecule has 0 bridgehead atoms. The van der Waals surface area contributed by atoms with Crippen molar-refractivity contribution in [2.45, 2.75) is 64.6 Å². The van der Waals surface area contributed by atoms with E-state index in [0.717, 1.165) is 76.3 Å². The van der Waals surface area contributed by atoms with E-state index in [9.17, 15) is 5.11 Å². The van der Waals surface area contributed by atoms with Crippen LogP contribution in [0, 0.1) is 11.8 Å². The van der Waals surface area contributed by atoms with Crippen molar-refractivity contribution in [1.29, 1.82) is 0 Å². The summed E-state index contributed by atoms with van der Waals surface area (Å²) in [7, 11) is 1.76. The van der Waals surface area contributed by atoms with Gasteiger partial charge in [0.05, 0.1) is 7.11 Å². The topological polar surface area (TPSA) is 45.2 Å². The number of rotatable bonds is 9. The van der Waals surface area contributed by atoms with Crippen LogP contribution in [0.3, 0.4) is 0 Å². The van der Waals surface area contributed by atoms with E-state index in [-0.39, 0.29) is 6.04 Å². The number of hydrogen-bond donors (Lipinski definition) is 1. The maximum Gasteiger partial charge on any atom is 0.119 e. The lowest BCUT2D eigenvalue weighted by Crippen LogP contribution is -2.43. The molecule has 5 heteroatoms. The van der Waals surface area contributed by atoms with Gasteiger partial charge >= 0.3 is 0 Å². The highest BCUT2D eigenvalue weighted by Crippen LogP contribution is 2.38. The van der Waals surface area contributed by atoms with Crippen LogP contribution < -0.4 is 4.74 Å². The first-order chi connectivity index (χ1) is 18.6. The maximum absolute atomic E-state index is 9.92. The van der Waals surface area contributed by atoms with Gasteiger partial charge in [0.1, 0.15) is 23.4 Å². The van der Waals surface area contributed by atoms with E-state index in [1.54, 1.807) is 7.11 Å². The van der Waals surface area contributed by atoms with Gasteiger partial charge in [-0.2, -0.15) is 0 Å². The highest BCUT2D eigenvalue weighted by atomic mass is 16.5. The fourth-order valence-corrected chi connectivity index (χ4v) is 6.55. The van der Waals surface area contributed by atoms with Crippen LogP contribution in [0.15, 0.2) is 66.5 Å². The van der Waals surface area contributed by atoms with Crippen LogP contribution in [0.1, 0.15) is 49.8 Å². The van der Waals surface area contributed by atoms with Crippen LogP contribution >= 0.6 is 0 Å². The monoisotopic (exact) mass is 516 g/mol. The molecule has 2 aromatic rings. The van der Waals surface area contributed by atoms with Gasteiger partial charge in [-0.05, 0) is 110 Å². The number of benzene rings is 2.